The van der Waals surface area contributed by atoms with Gasteiger partial charge in [0.25, 0.3) is 0 Å². The van der Waals surface area contributed by atoms with Gasteiger partial charge < -0.3 is 14.5 Å². The van der Waals surface area contributed by atoms with Crippen LogP contribution in [0.1, 0.15) is 19.3 Å². The zero-order valence-electron chi connectivity index (χ0n) is 20.1. The van der Waals surface area contributed by atoms with E-state index in [2.05, 4.69) is 4.90 Å². The van der Waals surface area contributed by atoms with E-state index in [0.717, 1.165) is 29.5 Å². The van der Waals surface area contributed by atoms with Crippen molar-refractivity contribution in [1.82, 2.24) is 14.1 Å². The van der Waals surface area contributed by atoms with Gasteiger partial charge in [-0.05, 0) is 56.3 Å². The summed E-state index contributed by atoms with van der Waals surface area (Å²) in [5.74, 6) is -2.16. The molecule has 0 aliphatic carbocycles. The molecule has 0 N–H and O–H groups in total. The normalized spacial score (nSPS) is 21.9. The van der Waals surface area contributed by atoms with E-state index in [4.69, 9.17) is 4.74 Å². The van der Waals surface area contributed by atoms with Crippen LogP contribution in [0.2, 0.25) is 0 Å². The van der Waals surface area contributed by atoms with Crippen molar-refractivity contribution in [3.05, 3.63) is 59.9 Å². The molecule has 11 heteroatoms. The van der Waals surface area contributed by atoms with Gasteiger partial charge >= 0.3 is 0 Å². The van der Waals surface area contributed by atoms with E-state index in [1.165, 1.54) is 24.3 Å². The van der Waals surface area contributed by atoms with Crippen LogP contribution in [0.25, 0.3) is 0 Å². The van der Waals surface area contributed by atoms with Gasteiger partial charge in [-0.15, -0.1) is 0 Å². The molecule has 0 unspecified atom stereocenters. The molecule has 1 amide bonds. The summed E-state index contributed by atoms with van der Waals surface area (Å²) in [6.07, 6.45) is 1.01. The number of benzene rings is 2. The summed E-state index contributed by atoms with van der Waals surface area (Å²) in [4.78, 5) is 16.6. The molecule has 2 fully saturated rings. The third-order valence-electron chi connectivity index (χ3n) is 6.88. The Morgan fingerprint density at radius 1 is 0.972 bits per heavy atom. The number of hydrogen-bond donors (Lipinski definition) is 0. The van der Waals surface area contributed by atoms with Crippen molar-refractivity contribution in [2.75, 3.05) is 52.9 Å². The zero-order valence-corrected chi connectivity index (χ0v) is 20.9. The van der Waals surface area contributed by atoms with Gasteiger partial charge in [0.2, 0.25) is 15.9 Å². The smallest absolute Gasteiger partial charge is 0.246 e. The van der Waals surface area contributed by atoms with Gasteiger partial charge in [0.05, 0.1) is 6.61 Å². The first-order valence-electron chi connectivity index (χ1n) is 11.9. The van der Waals surface area contributed by atoms with Crippen LogP contribution in [-0.2, 0) is 14.8 Å². The average molecular weight is 526 g/mol. The van der Waals surface area contributed by atoms with Gasteiger partial charge in [0.15, 0.2) is 0 Å². The first-order valence-corrected chi connectivity index (χ1v) is 13.3. The molecule has 196 valence electrons. The topological polar surface area (TPSA) is 70.2 Å². The summed E-state index contributed by atoms with van der Waals surface area (Å²) in [5.41, 5.74) is -0.878. The summed E-state index contributed by atoms with van der Waals surface area (Å²) < 4.78 is 74.9. The minimum atomic E-state index is -4.28. The second-order valence-corrected chi connectivity index (χ2v) is 11.5. The molecule has 0 spiro atoms. The Hall–Kier alpha value is -2.63. The van der Waals surface area contributed by atoms with Gasteiger partial charge in [0, 0.05) is 57.2 Å². The lowest BCUT2D eigenvalue weighted by Crippen LogP contribution is -2.53. The number of hydrogen-bond acceptors (Lipinski definition) is 5. The van der Waals surface area contributed by atoms with Gasteiger partial charge in [-0.1, -0.05) is 0 Å². The SMILES string of the molecule is CN1CCN(C(=O)C[C@]2(COc3ccc(F)cc3)CCCN(S(=O)(=O)c3ccc(F)cc3F)C2)CC1. The number of rotatable bonds is 7. The third-order valence-corrected chi connectivity index (χ3v) is 8.76. The van der Waals surface area contributed by atoms with Crippen LogP contribution in [0, 0.1) is 22.9 Å². The second kappa shape index (κ2) is 10.8. The molecule has 2 aromatic rings. The summed E-state index contributed by atoms with van der Waals surface area (Å²) in [6.45, 7) is 2.74. The van der Waals surface area contributed by atoms with Crippen molar-refractivity contribution >= 4 is 15.9 Å². The number of ether oxygens (including phenoxy) is 1. The van der Waals surface area contributed by atoms with Crippen molar-refractivity contribution in [2.24, 2.45) is 5.41 Å². The van der Waals surface area contributed by atoms with E-state index >= 15 is 0 Å². The largest absolute Gasteiger partial charge is 0.493 e. The number of halogens is 3. The lowest BCUT2D eigenvalue weighted by Gasteiger charge is -2.43. The van der Waals surface area contributed by atoms with E-state index in [-0.39, 0.29) is 32.0 Å². The van der Waals surface area contributed by atoms with Crippen molar-refractivity contribution in [3.8, 4) is 5.75 Å². The standard InChI is InChI=1S/C25H30F3N3O4S/c1-29-11-13-30(14-12-29)24(32)16-25(18-35-21-6-3-19(26)4-7-21)9-2-10-31(17-25)36(33,34)23-8-5-20(27)15-22(23)28/h3-8,15H,2,9-14,16-18H2,1H3/t25-/m1/s1. The van der Waals surface area contributed by atoms with Crippen molar-refractivity contribution < 1.29 is 31.1 Å². The molecule has 7 nitrogen and oxygen atoms in total. The first-order chi connectivity index (χ1) is 17.1. The van der Waals surface area contributed by atoms with Crippen LogP contribution < -0.4 is 4.74 Å². The molecule has 2 heterocycles. The van der Waals surface area contributed by atoms with Crippen LogP contribution in [0.3, 0.4) is 0 Å². The summed E-state index contributed by atoms with van der Waals surface area (Å²) >= 11 is 0. The average Bonchev–Trinajstić information content (AvgIpc) is 2.84. The molecule has 2 aromatic carbocycles. The minimum absolute atomic E-state index is 0.0238. The Bertz CT molecular complexity index is 1190. The molecule has 0 saturated carbocycles. The van der Waals surface area contributed by atoms with Crippen LogP contribution in [-0.4, -0.2) is 81.4 Å². The molecule has 4 rings (SSSR count). The van der Waals surface area contributed by atoms with E-state index in [0.29, 0.717) is 37.7 Å². The molecule has 0 bridgehead atoms. The first kappa shape index (κ1) is 26.4. The summed E-state index contributed by atoms with van der Waals surface area (Å²) in [6, 6.07) is 7.81. The fourth-order valence-electron chi connectivity index (χ4n) is 4.76. The highest BCUT2D eigenvalue weighted by Gasteiger charge is 2.43. The molecular weight excluding hydrogens is 495 g/mol. The maximum Gasteiger partial charge on any atom is 0.246 e. The predicted octanol–water partition coefficient (Wildman–Crippen LogP) is 3.12. The quantitative estimate of drug-likeness (QED) is 0.556. The van der Waals surface area contributed by atoms with Crippen molar-refractivity contribution in [3.63, 3.8) is 0 Å². The van der Waals surface area contributed by atoms with Crippen molar-refractivity contribution in [1.29, 1.82) is 0 Å². The number of carbonyl (C=O) groups is 1. The third kappa shape index (κ3) is 6.01. The Morgan fingerprint density at radius 3 is 2.31 bits per heavy atom. The van der Waals surface area contributed by atoms with E-state index < -0.39 is 37.8 Å². The van der Waals surface area contributed by atoms with Crippen LogP contribution in [0.15, 0.2) is 47.4 Å². The number of sulfonamides is 1. The summed E-state index contributed by atoms with van der Waals surface area (Å²) in [7, 11) is -2.30. The Balaban J connectivity index is 1.58. The van der Waals surface area contributed by atoms with Gasteiger partial charge in [-0.25, -0.2) is 21.6 Å². The van der Waals surface area contributed by atoms with Crippen LogP contribution in [0.4, 0.5) is 13.2 Å². The number of carbonyl (C=O) groups excluding carboxylic acids is 1. The molecular formula is C25H30F3N3O4S. The highest BCUT2D eigenvalue weighted by atomic mass is 32.2. The molecule has 0 aromatic heterocycles. The fourth-order valence-corrected chi connectivity index (χ4v) is 6.40. The number of likely N-dealkylation sites (N-methyl/N-ethyl adjacent to an activating group) is 1. The Labute approximate surface area is 209 Å². The second-order valence-electron chi connectivity index (χ2n) is 9.62. The highest BCUT2D eigenvalue weighted by molar-refractivity contribution is 7.89. The lowest BCUT2D eigenvalue weighted by atomic mass is 9.78. The molecule has 2 saturated heterocycles. The van der Waals surface area contributed by atoms with Gasteiger partial charge in [0.1, 0.15) is 28.1 Å². The fraction of sp³-hybridized carbons (Fsp3) is 0.480. The Morgan fingerprint density at radius 2 is 1.64 bits per heavy atom. The van der Waals surface area contributed by atoms with E-state index in [9.17, 15) is 26.4 Å². The number of piperazine rings is 1. The maximum absolute atomic E-state index is 14.4. The number of amides is 1. The molecule has 2 aliphatic rings. The lowest BCUT2D eigenvalue weighted by molar-refractivity contribution is -0.136. The van der Waals surface area contributed by atoms with Gasteiger partial charge in [-0.3, -0.25) is 4.79 Å². The Kier molecular flexibility index (Phi) is 7.91. The minimum Gasteiger partial charge on any atom is -0.493 e. The van der Waals surface area contributed by atoms with Crippen molar-refractivity contribution in [2.45, 2.75) is 24.2 Å². The zero-order chi connectivity index (χ0) is 25.9. The van der Waals surface area contributed by atoms with Crippen LogP contribution in [0.5, 0.6) is 5.75 Å². The molecule has 0 radical (unpaired) electrons. The van der Waals surface area contributed by atoms with E-state index in [1.54, 1.807) is 4.90 Å². The number of piperidine rings is 1. The molecule has 36 heavy (non-hydrogen) atoms. The summed E-state index contributed by atoms with van der Waals surface area (Å²) in [5, 5.41) is 0. The van der Waals surface area contributed by atoms with E-state index in [1.807, 2.05) is 7.05 Å². The highest BCUT2D eigenvalue weighted by Crippen LogP contribution is 2.38. The van der Waals surface area contributed by atoms with Gasteiger partial charge in [-0.2, -0.15) is 4.31 Å². The number of nitrogens with zero attached hydrogens (tertiary/aromatic N) is 3. The maximum atomic E-state index is 14.4. The predicted molar refractivity (Wildman–Crippen MR) is 127 cm³/mol. The monoisotopic (exact) mass is 525 g/mol. The van der Waals surface area contributed by atoms with Crippen LogP contribution >= 0.6 is 0 Å². The molecule has 2 aliphatic heterocycles. The molecule has 1 atom stereocenters.